The van der Waals surface area contributed by atoms with Gasteiger partial charge < -0.3 is 4.42 Å². The van der Waals surface area contributed by atoms with Gasteiger partial charge >= 0.3 is 0 Å². The third-order valence-corrected chi connectivity index (χ3v) is 8.62. The van der Waals surface area contributed by atoms with E-state index in [0.29, 0.717) is 11.6 Å². The molecule has 0 aliphatic rings. The molecule has 3 heterocycles. The van der Waals surface area contributed by atoms with E-state index in [-0.39, 0.29) is 5.41 Å². The number of furan rings is 1. The lowest BCUT2D eigenvalue weighted by atomic mass is 9.82. The predicted octanol–water partition coefficient (Wildman–Crippen LogP) is 10.3. The van der Waals surface area contributed by atoms with Crippen molar-refractivity contribution in [2.24, 2.45) is 5.92 Å². The van der Waals surface area contributed by atoms with Crippen LogP contribution in [-0.4, -0.2) is 4.98 Å². The van der Waals surface area contributed by atoms with Crippen LogP contribution in [0.1, 0.15) is 50.6 Å². The van der Waals surface area contributed by atoms with Crippen LogP contribution in [0.2, 0.25) is 0 Å². The molecular weight excluding hydrogens is 470 g/mol. The van der Waals surface area contributed by atoms with Crippen molar-refractivity contribution < 1.29 is 4.42 Å². The fraction of sp³-hybridized carbons (Fsp3) is 0.265. The first kappa shape index (κ1) is 23.9. The molecule has 3 aromatic carbocycles. The molecule has 0 aliphatic carbocycles. The zero-order valence-corrected chi connectivity index (χ0v) is 23.3. The van der Waals surface area contributed by atoms with Crippen molar-refractivity contribution in [3.05, 3.63) is 89.0 Å². The predicted molar refractivity (Wildman–Crippen MR) is 160 cm³/mol. The highest BCUT2D eigenvalue weighted by molar-refractivity contribution is 7.19. The van der Waals surface area contributed by atoms with Crippen molar-refractivity contribution in [2.45, 2.75) is 53.4 Å². The Morgan fingerprint density at radius 2 is 1.68 bits per heavy atom. The Morgan fingerprint density at radius 1 is 0.865 bits per heavy atom. The van der Waals surface area contributed by atoms with Crippen LogP contribution in [0.3, 0.4) is 0 Å². The van der Waals surface area contributed by atoms with E-state index < -0.39 is 0 Å². The summed E-state index contributed by atoms with van der Waals surface area (Å²) in [5.41, 5.74) is 7.89. The smallest absolute Gasteiger partial charge is 0.227 e. The molecule has 6 rings (SSSR count). The van der Waals surface area contributed by atoms with Crippen molar-refractivity contribution in [2.75, 3.05) is 0 Å². The molecule has 0 unspecified atom stereocenters. The Morgan fingerprint density at radius 3 is 2.46 bits per heavy atom. The lowest BCUT2D eigenvalue weighted by molar-refractivity contribution is 0.596. The summed E-state index contributed by atoms with van der Waals surface area (Å²) in [5.74, 6) is 0.652. The van der Waals surface area contributed by atoms with Gasteiger partial charge in [0.25, 0.3) is 0 Å². The van der Waals surface area contributed by atoms with Gasteiger partial charge in [-0.25, -0.2) is 4.98 Å². The van der Waals surface area contributed by atoms with Gasteiger partial charge in [-0.3, -0.25) is 0 Å². The van der Waals surface area contributed by atoms with Gasteiger partial charge in [-0.05, 0) is 93.4 Å². The maximum Gasteiger partial charge on any atom is 0.227 e. The number of aryl methyl sites for hydroxylation is 1. The van der Waals surface area contributed by atoms with E-state index in [1.165, 1.54) is 42.4 Å². The Hall–Kier alpha value is -3.43. The van der Waals surface area contributed by atoms with Crippen LogP contribution in [0, 0.1) is 12.8 Å². The molecule has 0 aliphatic heterocycles. The fourth-order valence-corrected chi connectivity index (χ4v) is 6.89. The van der Waals surface area contributed by atoms with Gasteiger partial charge in [0, 0.05) is 20.5 Å². The van der Waals surface area contributed by atoms with Gasteiger partial charge in [0.1, 0.15) is 0 Å². The van der Waals surface area contributed by atoms with Gasteiger partial charge in [-0.1, -0.05) is 71.0 Å². The zero-order chi connectivity index (χ0) is 25.9. The summed E-state index contributed by atoms with van der Waals surface area (Å²) >= 11 is 1.94. The molecule has 186 valence electrons. The second-order valence-corrected chi connectivity index (χ2v) is 12.8. The van der Waals surface area contributed by atoms with E-state index >= 15 is 0 Å². The number of thiophene rings is 1. The van der Waals surface area contributed by atoms with E-state index in [1.54, 1.807) is 6.26 Å². The highest BCUT2D eigenvalue weighted by Gasteiger charge is 2.20. The van der Waals surface area contributed by atoms with Crippen molar-refractivity contribution in [3.63, 3.8) is 0 Å². The second kappa shape index (κ2) is 8.85. The summed E-state index contributed by atoms with van der Waals surface area (Å²) in [6, 6.07) is 24.4. The monoisotopic (exact) mass is 503 g/mol. The summed E-state index contributed by atoms with van der Waals surface area (Å²) in [5, 5.41) is 4.96. The number of rotatable bonds is 4. The summed E-state index contributed by atoms with van der Waals surface area (Å²) in [4.78, 5) is 6.47. The SMILES string of the molecule is Cc1c(CC(C)C)sc2cc(-c3cc(-c4cc(C(C)(C)C)c5ccccc5c4)nc4occc34)ccc12. The Bertz CT molecular complexity index is 1780. The maximum atomic E-state index is 5.87. The topological polar surface area (TPSA) is 26.0 Å². The van der Waals surface area contributed by atoms with Crippen LogP contribution in [0.4, 0.5) is 0 Å². The number of nitrogens with zero attached hydrogens (tertiary/aromatic N) is 1. The van der Waals surface area contributed by atoms with Gasteiger partial charge in [0.05, 0.1) is 12.0 Å². The molecule has 2 nitrogen and oxygen atoms in total. The third-order valence-electron chi connectivity index (χ3n) is 7.35. The van der Waals surface area contributed by atoms with E-state index in [4.69, 9.17) is 9.40 Å². The molecule has 3 heteroatoms. The van der Waals surface area contributed by atoms with Crippen LogP contribution >= 0.6 is 11.3 Å². The summed E-state index contributed by atoms with van der Waals surface area (Å²) in [6.07, 6.45) is 2.88. The van der Waals surface area contributed by atoms with Crippen molar-refractivity contribution in [3.8, 4) is 22.4 Å². The zero-order valence-electron chi connectivity index (χ0n) is 22.5. The lowest BCUT2D eigenvalue weighted by Crippen LogP contribution is -2.12. The number of benzene rings is 3. The molecule has 0 fully saturated rings. The van der Waals surface area contributed by atoms with Crippen LogP contribution in [0.5, 0.6) is 0 Å². The molecule has 0 amide bonds. The number of fused-ring (bicyclic) bond motifs is 3. The quantitative estimate of drug-likeness (QED) is 0.239. The highest BCUT2D eigenvalue weighted by Crippen LogP contribution is 2.40. The van der Waals surface area contributed by atoms with Crippen molar-refractivity contribution >= 4 is 43.3 Å². The first-order valence-electron chi connectivity index (χ1n) is 13.1. The van der Waals surface area contributed by atoms with Gasteiger partial charge in [-0.2, -0.15) is 0 Å². The molecule has 6 aromatic rings. The minimum Gasteiger partial charge on any atom is -0.446 e. The molecular formula is C34H33NOS. The molecule has 0 spiro atoms. The minimum atomic E-state index is 0.0169. The van der Waals surface area contributed by atoms with E-state index in [2.05, 4.69) is 102 Å². The minimum absolute atomic E-state index is 0.0169. The lowest BCUT2D eigenvalue weighted by Gasteiger charge is -2.22. The largest absolute Gasteiger partial charge is 0.446 e. The Balaban J connectivity index is 1.55. The molecule has 0 bridgehead atoms. The Kier molecular flexibility index (Phi) is 5.72. The van der Waals surface area contributed by atoms with Gasteiger partial charge in [0.15, 0.2) is 0 Å². The average Bonchev–Trinajstić information content (AvgIpc) is 3.46. The molecule has 0 saturated heterocycles. The number of pyridine rings is 1. The van der Waals surface area contributed by atoms with Crippen LogP contribution in [0.15, 0.2) is 77.4 Å². The molecule has 3 aromatic heterocycles. The molecule has 0 atom stereocenters. The first-order chi connectivity index (χ1) is 17.7. The van der Waals surface area contributed by atoms with E-state index in [0.717, 1.165) is 28.6 Å². The standard InChI is InChI=1S/C34H33NOS/c1-20(2)15-31-21(3)25-12-11-23(18-32(25)37-31)28-19-30(35-33-27(28)13-14-36-33)24-16-22-9-7-8-10-26(22)29(17-24)34(4,5)6/h7-14,16-20H,15H2,1-6H3. The first-order valence-corrected chi connectivity index (χ1v) is 13.9. The summed E-state index contributed by atoms with van der Waals surface area (Å²) in [6.45, 7) is 13.7. The number of hydrogen-bond acceptors (Lipinski definition) is 3. The summed E-state index contributed by atoms with van der Waals surface area (Å²) < 4.78 is 7.22. The molecule has 0 radical (unpaired) electrons. The molecule has 0 saturated carbocycles. The van der Waals surface area contributed by atoms with Gasteiger partial charge in [0.2, 0.25) is 5.71 Å². The summed E-state index contributed by atoms with van der Waals surface area (Å²) in [7, 11) is 0. The number of hydrogen-bond donors (Lipinski definition) is 0. The van der Waals surface area contributed by atoms with E-state index in [1.807, 2.05) is 17.4 Å². The molecule has 37 heavy (non-hydrogen) atoms. The normalized spacial score (nSPS) is 12.4. The van der Waals surface area contributed by atoms with Crippen molar-refractivity contribution in [1.29, 1.82) is 0 Å². The fourth-order valence-electron chi connectivity index (χ4n) is 5.42. The highest BCUT2D eigenvalue weighted by atomic mass is 32.1. The maximum absolute atomic E-state index is 5.87. The van der Waals surface area contributed by atoms with E-state index in [9.17, 15) is 0 Å². The average molecular weight is 504 g/mol. The number of aromatic nitrogens is 1. The van der Waals surface area contributed by atoms with Crippen molar-refractivity contribution in [1.82, 2.24) is 4.98 Å². The molecule has 0 N–H and O–H groups in total. The van der Waals surface area contributed by atoms with Crippen LogP contribution in [-0.2, 0) is 11.8 Å². The van der Waals surface area contributed by atoms with Crippen LogP contribution in [0.25, 0.3) is 54.3 Å². The van der Waals surface area contributed by atoms with Crippen LogP contribution < -0.4 is 0 Å². The second-order valence-electron chi connectivity index (χ2n) is 11.6. The van der Waals surface area contributed by atoms with Gasteiger partial charge in [-0.15, -0.1) is 11.3 Å². The third kappa shape index (κ3) is 4.26. The Labute approximate surface area is 223 Å².